The number of amidine groups is 1. The Balaban J connectivity index is 1.69. The molecule has 4 rings (SSSR count). The number of anilines is 1. The number of nitrogens with zero attached hydrogens (tertiary/aromatic N) is 2. The van der Waals surface area contributed by atoms with Crippen LogP contribution >= 0.6 is 11.3 Å². The molecule has 0 atom stereocenters. The van der Waals surface area contributed by atoms with E-state index >= 15 is 0 Å². The van der Waals surface area contributed by atoms with Gasteiger partial charge in [0.25, 0.3) is 0 Å². The van der Waals surface area contributed by atoms with Gasteiger partial charge in [-0.05, 0) is 26.0 Å². The monoisotopic (exact) mass is 389 g/mol. The summed E-state index contributed by atoms with van der Waals surface area (Å²) in [5, 5.41) is 19.8. The maximum absolute atomic E-state index is 11.7. The number of hydrogen-bond acceptors (Lipinski definition) is 5. The highest BCUT2D eigenvalue weighted by atomic mass is 32.1. The number of hydrogen-bond donors (Lipinski definition) is 2. The molecule has 2 N–H and O–H groups in total. The summed E-state index contributed by atoms with van der Waals surface area (Å²) < 4.78 is 0. The van der Waals surface area contributed by atoms with Crippen molar-refractivity contribution >= 4 is 34.2 Å². The van der Waals surface area contributed by atoms with Gasteiger partial charge in [-0.1, -0.05) is 42.5 Å². The van der Waals surface area contributed by atoms with Crippen LogP contribution in [-0.2, 0) is 0 Å². The number of benzene rings is 2. The summed E-state index contributed by atoms with van der Waals surface area (Å²) in [6, 6.07) is 17.0. The van der Waals surface area contributed by atoms with E-state index in [0.29, 0.717) is 21.8 Å². The fraction of sp³-hybridized carbons (Fsp3) is 0.136. The lowest BCUT2D eigenvalue weighted by atomic mass is 10.1. The Morgan fingerprint density at radius 1 is 1.18 bits per heavy atom. The number of aromatic nitrogens is 1. The van der Waals surface area contributed by atoms with E-state index in [-0.39, 0.29) is 23.9 Å². The largest absolute Gasteiger partial charge is 0.510 e. The number of thiazole rings is 1. The van der Waals surface area contributed by atoms with Crippen LogP contribution in [-0.4, -0.2) is 28.3 Å². The molecule has 6 heteroatoms. The molecular weight excluding hydrogens is 370 g/mol. The number of aliphatic hydroxyl groups is 1. The molecule has 0 saturated heterocycles. The first-order valence-electron chi connectivity index (χ1n) is 8.88. The number of rotatable bonds is 4. The number of ketones is 1. The first kappa shape index (κ1) is 18.1. The van der Waals surface area contributed by atoms with Gasteiger partial charge in [0.2, 0.25) is 0 Å². The second-order valence-corrected chi connectivity index (χ2v) is 7.86. The van der Waals surface area contributed by atoms with Crippen LogP contribution in [0.4, 0.5) is 5.69 Å². The van der Waals surface area contributed by atoms with E-state index in [1.807, 2.05) is 43.3 Å². The molecule has 0 spiro atoms. The van der Waals surface area contributed by atoms with Crippen molar-refractivity contribution in [1.82, 2.24) is 4.98 Å². The highest BCUT2D eigenvalue weighted by Crippen LogP contribution is 2.36. The molecule has 0 amide bonds. The lowest BCUT2D eigenvalue weighted by Crippen LogP contribution is -2.26. The third-order valence-electron chi connectivity index (χ3n) is 4.73. The summed E-state index contributed by atoms with van der Waals surface area (Å²) in [5.41, 5.74) is 3.61. The maximum atomic E-state index is 11.7. The highest BCUT2D eigenvalue weighted by Gasteiger charge is 2.32. The van der Waals surface area contributed by atoms with Crippen molar-refractivity contribution < 1.29 is 9.90 Å². The lowest BCUT2D eigenvalue weighted by molar-refractivity contribution is 0.101. The molecule has 0 radical (unpaired) electrons. The predicted molar refractivity (Wildman–Crippen MR) is 113 cm³/mol. The Bertz CT molecular complexity index is 1120. The number of Topliss-reactive ketones (excluding diaryl/α,β-unsaturated/α-hetero) is 1. The molecule has 140 valence electrons. The first-order chi connectivity index (χ1) is 13.5. The van der Waals surface area contributed by atoms with Crippen LogP contribution in [0.15, 0.2) is 60.4 Å². The Morgan fingerprint density at radius 2 is 1.93 bits per heavy atom. The molecule has 2 heterocycles. The highest BCUT2D eigenvalue weighted by molar-refractivity contribution is 7.13. The fourth-order valence-electron chi connectivity index (χ4n) is 3.28. The molecular formula is C22H19N3O2S. The van der Waals surface area contributed by atoms with Crippen molar-refractivity contribution in [3.05, 3.63) is 75.8 Å². The molecule has 1 aliphatic rings. The Morgan fingerprint density at radius 3 is 2.64 bits per heavy atom. The van der Waals surface area contributed by atoms with E-state index in [9.17, 15) is 9.90 Å². The van der Waals surface area contributed by atoms with Gasteiger partial charge in [-0.25, -0.2) is 4.98 Å². The van der Waals surface area contributed by atoms with Crippen molar-refractivity contribution in [2.45, 2.75) is 13.8 Å². The Kier molecular flexibility index (Phi) is 4.57. The minimum absolute atomic E-state index is 0.0342. The van der Waals surface area contributed by atoms with E-state index in [4.69, 9.17) is 10.4 Å². The van der Waals surface area contributed by atoms with Crippen LogP contribution in [0.2, 0.25) is 0 Å². The summed E-state index contributed by atoms with van der Waals surface area (Å²) in [4.78, 5) is 19.1. The number of aryl methyl sites for hydroxylation is 1. The Labute approximate surface area is 167 Å². The van der Waals surface area contributed by atoms with E-state index in [1.54, 1.807) is 23.1 Å². The second-order valence-electron chi connectivity index (χ2n) is 6.65. The molecule has 0 bridgehead atoms. The molecule has 5 nitrogen and oxygen atoms in total. The quantitative estimate of drug-likeness (QED) is 0.610. The van der Waals surface area contributed by atoms with Gasteiger partial charge in [-0.15, -0.1) is 11.3 Å². The van der Waals surface area contributed by atoms with Gasteiger partial charge in [-0.3, -0.25) is 10.2 Å². The summed E-state index contributed by atoms with van der Waals surface area (Å²) in [5.74, 6) is 0.270. The topological polar surface area (TPSA) is 77.3 Å². The van der Waals surface area contributed by atoms with Gasteiger partial charge in [-0.2, -0.15) is 0 Å². The molecule has 1 aromatic heterocycles. The molecule has 28 heavy (non-hydrogen) atoms. The fourth-order valence-corrected chi connectivity index (χ4v) is 4.29. The zero-order chi connectivity index (χ0) is 19.8. The molecule has 0 unspecified atom stereocenters. The maximum Gasteiger partial charge on any atom is 0.159 e. The molecule has 0 aliphatic carbocycles. The van der Waals surface area contributed by atoms with Gasteiger partial charge in [0.15, 0.2) is 5.78 Å². The second kappa shape index (κ2) is 7.05. The van der Waals surface area contributed by atoms with Crippen LogP contribution in [0.1, 0.15) is 27.2 Å². The Hall–Kier alpha value is -3.25. The molecule has 0 fully saturated rings. The number of nitrogens with one attached hydrogen (secondary N) is 1. The van der Waals surface area contributed by atoms with Crippen LogP contribution in [0.3, 0.4) is 0 Å². The average molecular weight is 389 g/mol. The van der Waals surface area contributed by atoms with Gasteiger partial charge < -0.3 is 10.0 Å². The molecule has 2 aromatic carbocycles. The van der Waals surface area contributed by atoms with E-state index in [1.165, 1.54) is 18.3 Å². The third-order valence-corrected chi connectivity index (χ3v) is 5.71. The van der Waals surface area contributed by atoms with Crippen molar-refractivity contribution in [3.63, 3.8) is 0 Å². The van der Waals surface area contributed by atoms with Crippen molar-refractivity contribution in [3.8, 4) is 11.3 Å². The number of carbonyl (C=O) groups is 1. The number of aliphatic hydroxyl groups excluding tert-OH is 1. The minimum atomic E-state index is -0.0342. The molecule has 3 aromatic rings. The van der Waals surface area contributed by atoms with Crippen LogP contribution in [0, 0.1) is 12.3 Å². The zero-order valence-corrected chi connectivity index (χ0v) is 16.4. The summed E-state index contributed by atoms with van der Waals surface area (Å²) in [7, 11) is 0. The van der Waals surface area contributed by atoms with Crippen molar-refractivity contribution in [1.29, 1.82) is 5.41 Å². The third kappa shape index (κ3) is 3.12. The van der Waals surface area contributed by atoms with Gasteiger partial charge in [0.05, 0.1) is 17.8 Å². The zero-order valence-electron chi connectivity index (χ0n) is 15.6. The normalized spacial score (nSPS) is 14.1. The minimum Gasteiger partial charge on any atom is -0.510 e. The van der Waals surface area contributed by atoms with Crippen molar-refractivity contribution in [2.75, 3.05) is 11.4 Å². The van der Waals surface area contributed by atoms with E-state index in [0.717, 1.165) is 16.1 Å². The molecule has 0 saturated carbocycles. The van der Waals surface area contributed by atoms with Crippen LogP contribution in [0.5, 0.6) is 0 Å². The first-order valence-corrected chi connectivity index (χ1v) is 9.70. The van der Waals surface area contributed by atoms with Crippen molar-refractivity contribution in [2.24, 2.45) is 0 Å². The summed E-state index contributed by atoms with van der Waals surface area (Å²) in [6.45, 7) is 3.70. The van der Waals surface area contributed by atoms with Gasteiger partial charge in [0.1, 0.15) is 16.6 Å². The van der Waals surface area contributed by atoms with Crippen LogP contribution in [0.25, 0.3) is 16.8 Å². The standard InChI is InChI=1S/C22H19N3O2S/c1-13(26)16-9-6-10-17(11-16)25-12-18(27)19(21(25)23)22-24-20(14(2)28-22)15-7-4-3-5-8-15/h3-11,23,27H,12H2,1-2H3. The number of carbonyl (C=O) groups excluding carboxylic acids is 1. The SMILES string of the molecule is CC(=O)c1cccc(N2CC(O)=C(c3nc(-c4ccccc4)c(C)s3)C2=N)c1. The van der Waals surface area contributed by atoms with E-state index < -0.39 is 0 Å². The summed E-state index contributed by atoms with van der Waals surface area (Å²) in [6.07, 6.45) is 0. The van der Waals surface area contributed by atoms with Crippen LogP contribution < -0.4 is 4.90 Å². The van der Waals surface area contributed by atoms with Gasteiger partial charge >= 0.3 is 0 Å². The predicted octanol–water partition coefficient (Wildman–Crippen LogP) is 5.09. The molecule has 1 aliphatic heterocycles. The lowest BCUT2D eigenvalue weighted by Gasteiger charge is -2.19. The average Bonchev–Trinajstić information content (AvgIpc) is 3.21. The smallest absolute Gasteiger partial charge is 0.159 e. The van der Waals surface area contributed by atoms with Gasteiger partial charge in [0, 0.05) is 21.7 Å². The van der Waals surface area contributed by atoms with E-state index in [2.05, 4.69) is 0 Å². The summed E-state index contributed by atoms with van der Waals surface area (Å²) >= 11 is 1.47.